The van der Waals surface area contributed by atoms with E-state index in [1.165, 1.54) is 13.4 Å². The molecule has 0 saturated carbocycles. The first-order valence-electron chi connectivity index (χ1n) is 4.93. The maximum absolute atomic E-state index is 5.57. The minimum Gasteiger partial charge on any atom is -0.489 e. The molecular weight excluding hydrogens is 220 g/mol. The highest BCUT2D eigenvalue weighted by Crippen LogP contribution is 2.33. The second-order valence-corrected chi connectivity index (χ2v) is 3.12. The lowest BCUT2D eigenvalue weighted by Gasteiger charge is -2.11. The number of nitrogens with zero attached hydrogens (tertiary/aromatic N) is 2. The zero-order chi connectivity index (χ0) is 12.1. The molecule has 6 nitrogen and oxygen atoms in total. The number of ether oxygens (including phenoxy) is 2. The van der Waals surface area contributed by atoms with E-state index >= 15 is 0 Å². The zero-order valence-corrected chi connectivity index (χ0v) is 9.25. The SMILES string of the molecule is COc1c(NN)ncnc1Oc1ccccc1. The third-order valence-corrected chi connectivity index (χ3v) is 2.07. The van der Waals surface area contributed by atoms with Gasteiger partial charge in [0.05, 0.1) is 7.11 Å². The molecule has 17 heavy (non-hydrogen) atoms. The van der Waals surface area contributed by atoms with Crippen LogP contribution in [0.3, 0.4) is 0 Å². The van der Waals surface area contributed by atoms with Crippen LogP contribution in [-0.2, 0) is 0 Å². The molecule has 0 spiro atoms. The fraction of sp³-hybridized carbons (Fsp3) is 0.0909. The van der Waals surface area contributed by atoms with E-state index in [-0.39, 0.29) is 0 Å². The lowest BCUT2D eigenvalue weighted by Crippen LogP contribution is -2.10. The van der Waals surface area contributed by atoms with Crippen LogP contribution in [0.25, 0.3) is 0 Å². The molecule has 0 aliphatic rings. The van der Waals surface area contributed by atoms with Crippen LogP contribution in [-0.4, -0.2) is 17.1 Å². The van der Waals surface area contributed by atoms with Gasteiger partial charge >= 0.3 is 0 Å². The molecule has 0 unspecified atom stereocenters. The highest BCUT2D eigenvalue weighted by Gasteiger charge is 2.13. The molecule has 0 saturated heterocycles. The molecule has 0 fully saturated rings. The number of hydrogen-bond donors (Lipinski definition) is 2. The molecule has 0 aliphatic carbocycles. The van der Waals surface area contributed by atoms with Crippen LogP contribution in [0.5, 0.6) is 17.4 Å². The van der Waals surface area contributed by atoms with Gasteiger partial charge in [0.2, 0.25) is 5.75 Å². The van der Waals surface area contributed by atoms with E-state index in [9.17, 15) is 0 Å². The number of aromatic nitrogens is 2. The lowest BCUT2D eigenvalue weighted by atomic mass is 10.3. The maximum Gasteiger partial charge on any atom is 0.268 e. The summed E-state index contributed by atoms with van der Waals surface area (Å²) < 4.78 is 10.7. The molecule has 1 aromatic heterocycles. The fourth-order valence-electron chi connectivity index (χ4n) is 1.32. The van der Waals surface area contributed by atoms with Crippen molar-refractivity contribution in [3.63, 3.8) is 0 Å². The number of rotatable bonds is 4. The summed E-state index contributed by atoms with van der Waals surface area (Å²) >= 11 is 0. The standard InChI is InChI=1S/C11H12N4O2/c1-16-9-10(15-12)13-7-14-11(9)17-8-5-3-2-4-6-8/h2-7H,12H2,1H3,(H,13,14,15). The van der Waals surface area contributed by atoms with Crippen molar-refractivity contribution in [1.82, 2.24) is 9.97 Å². The molecule has 0 radical (unpaired) electrons. The molecule has 2 aromatic rings. The van der Waals surface area contributed by atoms with E-state index in [1.807, 2.05) is 30.3 Å². The van der Waals surface area contributed by atoms with E-state index in [1.54, 1.807) is 0 Å². The van der Waals surface area contributed by atoms with Gasteiger partial charge in [-0.3, -0.25) is 0 Å². The molecule has 88 valence electrons. The van der Waals surface area contributed by atoms with Crippen molar-refractivity contribution >= 4 is 5.82 Å². The Morgan fingerprint density at radius 1 is 1.18 bits per heavy atom. The second-order valence-electron chi connectivity index (χ2n) is 3.12. The highest BCUT2D eigenvalue weighted by molar-refractivity contribution is 5.55. The number of nitrogens with one attached hydrogen (secondary N) is 1. The van der Waals surface area contributed by atoms with Gasteiger partial charge in [-0.15, -0.1) is 0 Å². The third kappa shape index (κ3) is 2.43. The average molecular weight is 232 g/mol. The Labute approximate surface area is 98.4 Å². The van der Waals surface area contributed by atoms with Crippen LogP contribution < -0.4 is 20.7 Å². The Morgan fingerprint density at radius 3 is 2.59 bits per heavy atom. The summed E-state index contributed by atoms with van der Waals surface area (Å²) in [6.45, 7) is 0. The molecule has 2 rings (SSSR count). The Bertz CT molecular complexity index is 490. The number of methoxy groups -OCH3 is 1. The van der Waals surface area contributed by atoms with Gasteiger partial charge in [-0.05, 0) is 12.1 Å². The van der Waals surface area contributed by atoms with Crippen LogP contribution in [0.15, 0.2) is 36.7 Å². The number of hydrazine groups is 1. The summed E-state index contributed by atoms with van der Waals surface area (Å²) in [7, 11) is 1.50. The molecule has 1 aromatic carbocycles. The average Bonchev–Trinajstić information content (AvgIpc) is 2.39. The molecule has 0 atom stereocenters. The van der Waals surface area contributed by atoms with Gasteiger partial charge in [0.25, 0.3) is 5.88 Å². The zero-order valence-electron chi connectivity index (χ0n) is 9.25. The van der Waals surface area contributed by atoms with Gasteiger partial charge in [-0.1, -0.05) is 18.2 Å². The third-order valence-electron chi connectivity index (χ3n) is 2.07. The Hall–Kier alpha value is -2.34. The topological polar surface area (TPSA) is 82.3 Å². The smallest absolute Gasteiger partial charge is 0.268 e. The molecule has 0 bridgehead atoms. The first-order chi connectivity index (χ1) is 8.35. The Kier molecular flexibility index (Phi) is 3.37. The van der Waals surface area contributed by atoms with Crippen molar-refractivity contribution in [1.29, 1.82) is 0 Å². The Balaban J connectivity index is 2.33. The van der Waals surface area contributed by atoms with Gasteiger partial charge in [-0.25, -0.2) is 10.8 Å². The molecule has 0 amide bonds. The summed E-state index contributed by atoms with van der Waals surface area (Å²) in [6.07, 6.45) is 1.34. The number of nitrogen functional groups attached to an aromatic ring is 1. The lowest BCUT2D eigenvalue weighted by molar-refractivity contribution is 0.369. The van der Waals surface area contributed by atoms with Gasteiger partial charge < -0.3 is 14.9 Å². The van der Waals surface area contributed by atoms with Crippen LogP contribution >= 0.6 is 0 Å². The van der Waals surface area contributed by atoms with Crippen LogP contribution in [0.4, 0.5) is 5.82 Å². The molecule has 0 aliphatic heterocycles. The predicted molar refractivity (Wildman–Crippen MR) is 62.9 cm³/mol. The molecule has 6 heteroatoms. The van der Waals surface area contributed by atoms with Gasteiger partial charge in [-0.2, -0.15) is 4.98 Å². The quantitative estimate of drug-likeness (QED) is 0.615. The highest BCUT2D eigenvalue weighted by atomic mass is 16.5. The first-order valence-corrected chi connectivity index (χ1v) is 4.93. The summed E-state index contributed by atoms with van der Waals surface area (Å²) in [5.74, 6) is 7.01. The van der Waals surface area contributed by atoms with Crippen molar-refractivity contribution in [2.45, 2.75) is 0 Å². The normalized spacial score (nSPS) is 9.76. The summed E-state index contributed by atoms with van der Waals surface area (Å²) in [4.78, 5) is 7.92. The van der Waals surface area contributed by atoms with Crippen molar-refractivity contribution in [3.8, 4) is 17.4 Å². The summed E-state index contributed by atoms with van der Waals surface area (Å²) in [5.41, 5.74) is 2.42. The maximum atomic E-state index is 5.57. The van der Waals surface area contributed by atoms with E-state index in [2.05, 4.69) is 15.4 Å². The van der Waals surface area contributed by atoms with Crippen molar-refractivity contribution in [2.24, 2.45) is 5.84 Å². The first kappa shape index (κ1) is 11.2. The fourth-order valence-corrected chi connectivity index (χ4v) is 1.32. The minimum atomic E-state index is 0.307. The summed E-state index contributed by atoms with van der Waals surface area (Å²) in [5, 5.41) is 0. The summed E-state index contributed by atoms with van der Waals surface area (Å²) in [6, 6.07) is 9.27. The predicted octanol–water partition coefficient (Wildman–Crippen LogP) is 1.56. The second kappa shape index (κ2) is 5.13. The van der Waals surface area contributed by atoms with Gasteiger partial charge in [0, 0.05) is 0 Å². The number of hydrogen-bond acceptors (Lipinski definition) is 6. The molecule has 3 N–H and O–H groups in total. The number of nitrogens with two attached hydrogens (primary N) is 1. The van der Waals surface area contributed by atoms with Crippen molar-refractivity contribution in [2.75, 3.05) is 12.5 Å². The number of anilines is 1. The largest absolute Gasteiger partial charge is 0.489 e. The van der Waals surface area contributed by atoms with Crippen molar-refractivity contribution < 1.29 is 9.47 Å². The van der Waals surface area contributed by atoms with Crippen LogP contribution in [0.2, 0.25) is 0 Å². The van der Waals surface area contributed by atoms with Crippen molar-refractivity contribution in [3.05, 3.63) is 36.7 Å². The molecule has 1 heterocycles. The van der Waals surface area contributed by atoms with E-state index in [4.69, 9.17) is 15.3 Å². The Morgan fingerprint density at radius 2 is 1.94 bits per heavy atom. The van der Waals surface area contributed by atoms with E-state index in [0.717, 1.165) is 0 Å². The van der Waals surface area contributed by atoms with Gasteiger partial charge in [0.15, 0.2) is 5.82 Å². The number of para-hydroxylation sites is 1. The van der Waals surface area contributed by atoms with E-state index in [0.29, 0.717) is 23.2 Å². The minimum absolute atomic E-state index is 0.307. The van der Waals surface area contributed by atoms with Crippen LogP contribution in [0, 0.1) is 0 Å². The molecular formula is C11H12N4O2. The van der Waals surface area contributed by atoms with Crippen LogP contribution in [0.1, 0.15) is 0 Å². The monoisotopic (exact) mass is 232 g/mol. The number of benzene rings is 1. The van der Waals surface area contributed by atoms with E-state index < -0.39 is 0 Å². The van der Waals surface area contributed by atoms with Gasteiger partial charge in [0.1, 0.15) is 12.1 Å².